The van der Waals surface area contributed by atoms with Gasteiger partial charge in [0.1, 0.15) is 0 Å². The molecule has 0 radical (unpaired) electrons. The largest absolute Gasteiger partial charge is 0.399 e. The van der Waals surface area contributed by atoms with Crippen molar-refractivity contribution in [1.82, 2.24) is 4.90 Å². The Hall–Kier alpha value is -1.80. The van der Waals surface area contributed by atoms with Crippen molar-refractivity contribution in [3.8, 4) is 0 Å². The normalized spacial score (nSPS) is 10.8. The molecule has 0 amide bonds. The van der Waals surface area contributed by atoms with Crippen molar-refractivity contribution in [3.05, 3.63) is 65.7 Å². The lowest BCUT2D eigenvalue weighted by atomic mass is 10.1. The second-order valence-corrected chi connectivity index (χ2v) is 4.53. The molecule has 2 aromatic carbocycles. The van der Waals surface area contributed by atoms with E-state index in [2.05, 4.69) is 48.2 Å². The number of anilines is 1. The van der Waals surface area contributed by atoms with Crippen molar-refractivity contribution < 1.29 is 0 Å². The summed E-state index contributed by atoms with van der Waals surface area (Å²) >= 11 is 0. The van der Waals surface area contributed by atoms with E-state index in [9.17, 15) is 0 Å². The average molecular weight is 240 g/mol. The van der Waals surface area contributed by atoms with E-state index in [-0.39, 0.29) is 0 Å². The number of nitrogens with zero attached hydrogens (tertiary/aromatic N) is 1. The van der Waals surface area contributed by atoms with Crippen LogP contribution in [-0.2, 0) is 13.1 Å². The Kier molecular flexibility index (Phi) is 4.37. The van der Waals surface area contributed by atoms with E-state index in [1.807, 2.05) is 18.2 Å². The third kappa shape index (κ3) is 3.60. The maximum atomic E-state index is 5.81. The molecule has 0 fully saturated rings. The van der Waals surface area contributed by atoms with E-state index in [1.165, 1.54) is 11.1 Å². The molecule has 0 aliphatic carbocycles. The van der Waals surface area contributed by atoms with E-state index >= 15 is 0 Å². The second kappa shape index (κ2) is 6.22. The Morgan fingerprint density at radius 3 is 2.22 bits per heavy atom. The van der Waals surface area contributed by atoms with Crippen LogP contribution in [0.25, 0.3) is 0 Å². The maximum absolute atomic E-state index is 5.81. The zero-order chi connectivity index (χ0) is 12.8. The number of hydrogen-bond donors (Lipinski definition) is 1. The van der Waals surface area contributed by atoms with Crippen LogP contribution in [0.3, 0.4) is 0 Å². The van der Waals surface area contributed by atoms with E-state index in [0.29, 0.717) is 0 Å². The summed E-state index contributed by atoms with van der Waals surface area (Å²) in [6.07, 6.45) is 0. The lowest BCUT2D eigenvalue weighted by Crippen LogP contribution is -2.22. The van der Waals surface area contributed by atoms with E-state index in [1.54, 1.807) is 0 Å². The molecular formula is C16H20N2. The highest BCUT2D eigenvalue weighted by Gasteiger charge is 2.04. The lowest BCUT2D eigenvalue weighted by Gasteiger charge is -2.20. The molecule has 0 saturated heterocycles. The minimum absolute atomic E-state index is 0.836. The first-order valence-corrected chi connectivity index (χ1v) is 6.38. The molecule has 0 bridgehead atoms. The molecule has 0 aliphatic heterocycles. The molecule has 0 unspecified atom stereocenters. The van der Waals surface area contributed by atoms with Gasteiger partial charge >= 0.3 is 0 Å². The maximum Gasteiger partial charge on any atom is 0.0317 e. The molecule has 0 spiro atoms. The summed E-state index contributed by atoms with van der Waals surface area (Å²) in [6.45, 7) is 5.14. The van der Waals surface area contributed by atoms with Gasteiger partial charge in [0.25, 0.3) is 0 Å². The van der Waals surface area contributed by atoms with Gasteiger partial charge in [-0.25, -0.2) is 0 Å². The number of nitrogen functional groups attached to an aromatic ring is 1. The third-order valence-corrected chi connectivity index (χ3v) is 3.05. The van der Waals surface area contributed by atoms with E-state index in [0.717, 1.165) is 25.3 Å². The van der Waals surface area contributed by atoms with Gasteiger partial charge in [0.2, 0.25) is 0 Å². The Balaban J connectivity index is 2.01. The SMILES string of the molecule is CCN(Cc1ccccc1)Cc1cccc(N)c1. The van der Waals surface area contributed by atoms with Crippen molar-refractivity contribution >= 4 is 5.69 Å². The van der Waals surface area contributed by atoms with Crippen molar-refractivity contribution in [1.29, 1.82) is 0 Å². The monoisotopic (exact) mass is 240 g/mol. The van der Waals surface area contributed by atoms with Crippen molar-refractivity contribution in [2.75, 3.05) is 12.3 Å². The number of rotatable bonds is 5. The molecule has 2 nitrogen and oxygen atoms in total. The fourth-order valence-electron chi connectivity index (χ4n) is 2.07. The highest BCUT2D eigenvalue weighted by molar-refractivity contribution is 5.40. The van der Waals surface area contributed by atoms with Gasteiger partial charge < -0.3 is 5.73 Å². The summed E-state index contributed by atoms with van der Waals surface area (Å²) in [7, 11) is 0. The van der Waals surface area contributed by atoms with Gasteiger partial charge in [0, 0.05) is 18.8 Å². The molecule has 2 aromatic rings. The molecule has 0 aliphatic rings. The topological polar surface area (TPSA) is 29.3 Å². The third-order valence-electron chi connectivity index (χ3n) is 3.05. The standard InChI is InChI=1S/C16H20N2/c1-2-18(12-14-7-4-3-5-8-14)13-15-9-6-10-16(17)11-15/h3-11H,2,12-13,17H2,1H3. The molecule has 2 rings (SSSR count). The summed E-state index contributed by atoms with van der Waals surface area (Å²) < 4.78 is 0. The highest BCUT2D eigenvalue weighted by atomic mass is 15.1. The molecule has 0 heterocycles. The summed E-state index contributed by atoms with van der Waals surface area (Å²) in [5, 5.41) is 0. The zero-order valence-corrected chi connectivity index (χ0v) is 10.8. The first kappa shape index (κ1) is 12.7. The molecule has 2 heteroatoms. The van der Waals surface area contributed by atoms with E-state index in [4.69, 9.17) is 5.73 Å². The van der Waals surface area contributed by atoms with Gasteiger partial charge in [-0.2, -0.15) is 0 Å². The van der Waals surface area contributed by atoms with Crippen LogP contribution in [0, 0.1) is 0 Å². The Morgan fingerprint density at radius 1 is 0.889 bits per heavy atom. The van der Waals surface area contributed by atoms with Crippen molar-refractivity contribution in [3.63, 3.8) is 0 Å². The van der Waals surface area contributed by atoms with Crippen LogP contribution in [0.5, 0.6) is 0 Å². The van der Waals surface area contributed by atoms with Gasteiger partial charge in [-0.3, -0.25) is 4.90 Å². The quantitative estimate of drug-likeness (QED) is 0.813. The minimum Gasteiger partial charge on any atom is -0.399 e. The molecule has 0 atom stereocenters. The fraction of sp³-hybridized carbons (Fsp3) is 0.250. The summed E-state index contributed by atoms with van der Waals surface area (Å²) in [5.74, 6) is 0. The van der Waals surface area contributed by atoms with Crippen LogP contribution < -0.4 is 5.73 Å². The van der Waals surface area contributed by atoms with Gasteiger partial charge in [-0.15, -0.1) is 0 Å². The summed E-state index contributed by atoms with van der Waals surface area (Å²) in [5.41, 5.74) is 9.27. The number of benzene rings is 2. The molecule has 2 N–H and O–H groups in total. The first-order chi connectivity index (χ1) is 8.78. The predicted octanol–water partition coefficient (Wildman–Crippen LogP) is 3.29. The Labute approximate surface area is 109 Å². The summed E-state index contributed by atoms with van der Waals surface area (Å²) in [4.78, 5) is 2.41. The zero-order valence-electron chi connectivity index (χ0n) is 10.8. The van der Waals surface area contributed by atoms with Gasteiger partial charge in [-0.1, -0.05) is 49.4 Å². The Bertz CT molecular complexity index is 479. The summed E-state index contributed by atoms with van der Waals surface area (Å²) in [6, 6.07) is 18.7. The van der Waals surface area contributed by atoms with Crippen LogP contribution in [0.4, 0.5) is 5.69 Å². The molecular weight excluding hydrogens is 220 g/mol. The van der Waals surface area contributed by atoms with Crippen molar-refractivity contribution in [2.24, 2.45) is 0 Å². The van der Waals surface area contributed by atoms with Gasteiger partial charge in [-0.05, 0) is 29.8 Å². The average Bonchev–Trinajstić information content (AvgIpc) is 2.39. The molecule has 18 heavy (non-hydrogen) atoms. The highest BCUT2D eigenvalue weighted by Crippen LogP contribution is 2.12. The van der Waals surface area contributed by atoms with Gasteiger partial charge in [0.05, 0.1) is 0 Å². The fourth-order valence-corrected chi connectivity index (χ4v) is 2.07. The van der Waals surface area contributed by atoms with Gasteiger partial charge in [0.15, 0.2) is 0 Å². The van der Waals surface area contributed by atoms with E-state index < -0.39 is 0 Å². The van der Waals surface area contributed by atoms with Crippen LogP contribution in [0.1, 0.15) is 18.1 Å². The minimum atomic E-state index is 0.836. The second-order valence-electron chi connectivity index (χ2n) is 4.53. The smallest absolute Gasteiger partial charge is 0.0317 e. The lowest BCUT2D eigenvalue weighted by molar-refractivity contribution is 0.271. The van der Waals surface area contributed by atoms with Crippen LogP contribution in [-0.4, -0.2) is 11.4 Å². The number of hydrogen-bond acceptors (Lipinski definition) is 2. The van der Waals surface area contributed by atoms with Crippen LogP contribution in [0.2, 0.25) is 0 Å². The molecule has 94 valence electrons. The predicted molar refractivity (Wildman–Crippen MR) is 77.1 cm³/mol. The van der Waals surface area contributed by atoms with Crippen LogP contribution in [0.15, 0.2) is 54.6 Å². The van der Waals surface area contributed by atoms with Crippen molar-refractivity contribution in [2.45, 2.75) is 20.0 Å². The Morgan fingerprint density at radius 2 is 1.56 bits per heavy atom. The molecule has 0 saturated carbocycles. The first-order valence-electron chi connectivity index (χ1n) is 6.38. The van der Waals surface area contributed by atoms with Crippen LogP contribution >= 0.6 is 0 Å². The molecule has 0 aromatic heterocycles. The number of nitrogens with two attached hydrogens (primary N) is 1.